The van der Waals surface area contributed by atoms with Crippen molar-refractivity contribution in [2.24, 2.45) is 0 Å². The number of aryl methyl sites for hydroxylation is 1. The molecule has 6 nitrogen and oxygen atoms in total. The van der Waals surface area contributed by atoms with Crippen LogP contribution in [-0.2, 0) is 34.0 Å². The van der Waals surface area contributed by atoms with E-state index in [-0.39, 0.29) is 22.6 Å². The minimum Gasteiger partial charge on any atom is -0.444 e. The Morgan fingerprint density at radius 2 is 1.75 bits per heavy atom. The second-order valence-electron chi connectivity index (χ2n) is 10.1. The van der Waals surface area contributed by atoms with E-state index in [9.17, 15) is 26.4 Å². The van der Waals surface area contributed by atoms with Crippen LogP contribution in [0.4, 0.5) is 23.7 Å². The first-order valence-electron chi connectivity index (χ1n) is 12.0. The lowest BCUT2D eigenvalue weighted by molar-refractivity contribution is -0.127. The highest BCUT2D eigenvalue weighted by Crippen LogP contribution is 2.29. The molecule has 0 aromatic heterocycles. The number of ether oxygens (including phenoxy) is 1. The van der Waals surface area contributed by atoms with Crippen LogP contribution in [-0.4, -0.2) is 43.8 Å². The van der Waals surface area contributed by atoms with Crippen molar-refractivity contribution >= 4 is 21.8 Å². The maximum atomic E-state index is 12.8. The Balaban J connectivity index is 1.71. The Morgan fingerprint density at radius 3 is 2.33 bits per heavy atom. The Hall–Kier alpha value is -2.75. The Bertz CT molecular complexity index is 1170. The summed E-state index contributed by atoms with van der Waals surface area (Å²) in [5.74, 6) is 0. The van der Waals surface area contributed by atoms with Crippen LogP contribution in [0.1, 0.15) is 57.2 Å². The molecular weight excluding hydrogens is 493 g/mol. The van der Waals surface area contributed by atoms with E-state index >= 15 is 0 Å². The van der Waals surface area contributed by atoms with Crippen molar-refractivity contribution in [3.05, 3.63) is 59.2 Å². The van der Waals surface area contributed by atoms with E-state index in [0.717, 1.165) is 24.0 Å². The zero-order valence-electron chi connectivity index (χ0n) is 21.0. The molecule has 0 saturated heterocycles. The fourth-order valence-electron chi connectivity index (χ4n) is 4.28. The molecule has 10 heteroatoms. The Kier molecular flexibility index (Phi) is 8.27. The largest absolute Gasteiger partial charge is 0.444 e. The molecule has 1 aliphatic rings. The maximum absolute atomic E-state index is 12.8. The number of anilines is 1. The Morgan fingerprint density at radius 1 is 1.08 bits per heavy atom. The summed E-state index contributed by atoms with van der Waals surface area (Å²) < 4.78 is 71.3. The number of carbonyl (C=O) groups excluding carboxylic acids is 1. The second-order valence-corrected chi connectivity index (χ2v) is 11.8. The fraction of sp³-hybridized carbons (Fsp3) is 0.500. The summed E-state index contributed by atoms with van der Waals surface area (Å²) in [7, 11) is -3.96. The molecule has 36 heavy (non-hydrogen) atoms. The molecule has 1 amide bonds. The highest BCUT2D eigenvalue weighted by Gasteiger charge is 2.31. The average molecular weight is 527 g/mol. The summed E-state index contributed by atoms with van der Waals surface area (Å²) in [6.07, 6.45) is -2.96. The van der Waals surface area contributed by atoms with Crippen LogP contribution < -0.4 is 4.72 Å². The van der Waals surface area contributed by atoms with Crippen LogP contribution >= 0.6 is 0 Å². The van der Waals surface area contributed by atoms with Gasteiger partial charge in [0.2, 0.25) is 0 Å². The SMILES string of the molecule is CCCN(C(=O)OC(C)(C)C)C1CCc2cc(NS(=O)(=O)c3ccc(CC(F)(F)F)cc3)ccc2C1. The number of sulfonamides is 1. The van der Waals surface area contributed by atoms with Crippen LogP contribution in [0, 0.1) is 0 Å². The average Bonchev–Trinajstić information content (AvgIpc) is 2.75. The third-order valence-corrected chi connectivity index (χ3v) is 7.23. The summed E-state index contributed by atoms with van der Waals surface area (Å²) >= 11 is 0. The number of amides is 1. The van der Waals surface area contributed by atoms with Gasteiger partial charge in [-0.15, -0.1) is 0 Å². The predicted molar refractivity (Wildman–Crippen MR) is 132 cm³/mol. The summed E-state index contributed by atoms with van der Waals surface area (Å²) in [5.41, 5.74) is 1.82. The fourth-order valence-corrected chi connectivity index (χ4v) is 5.33. The number of fused-ring (bicyclic) bond motifs is 1. The molecular formula is C26H33F3N2O4S. The molecule has 0 saturated carbocycles. The van der Waals surface area contributed by atoms with Gasteiger partial charge in [0.05, 0.1) is 11.3 Å². The van der Waals surface area contributed by atoms with E-state index in [0.29, 0.717) is 25.1 Å². The molecule has 0 spiro atoms. The van der Waals surface area contributed by atoms with E-state index in [1.165, 1.54) is 24.3 Å². The first-order chi connectivity index (χ1) is 16.7. The third-order valence-electron chi connectivity index (χ3n) is 5.83. The van der Waals surface area contributed by atoms with Crippen LogP contribution in [0.15, 0.2) is 47.4 Å². The lowest BCUT2D eigenvalue weighted by Gasteiger charge is -2.36. The monoisotopic (exact) mass is 526 g/mol. The van der Waals surface area contributed by atoms with Crippen LogP contribution in [0.2, 0.25) is 0 Å². The van der Waals surface area contributed by atoms with Crippen molar-refractivity contribution < 1.29 is 31.1 Å². The molecule has 1 unspecified atom stereocenters. The lowest BCUT2D eigenvalue weighted by Crippen LogP contribution is -2.46. The third kappa shape index (κ3) is 7.62. The molecule has 0 radical (unpaired) electrons. The van der Waals surface area contributed by atoms with Crippen molar-refractivity contribution in [3.63, 3.8) is 0 Å². The molecule has 2 aromatic carbocycles. The van der Waals surface area contributed by atoms with Gasteiger partial charge in [0.1, 0.15) is 5.60 Å². The molecule has 1 aliphatic carbocycles. The summed E-state index contributed by atoms with van der Waals surface area (Å²) in [5, 5.41) is 0. The number of nitrogens with one attached hydrogen (secondary N) is 1. The van der Waals surface area contributed by atoms with Gasteiger partial charge in [0.25, 0.3) is 10.0 Å². The highest BCUT2D eigenvalue weighted by molar-refractivity contribution is 7.92. The smallest absolute Gasteiger partial charge is 0.410 e. The van der Waals surface area contributed by atoms with E-state index in [4.69, 9.17) is 4.74 Å². The molecule has 1 N–H and O–H groups in total. The second kappa shape index (κ2) is 10.7. The predicted octanol–water partition coefficient (Wildman–Crippen LogP) is 6.10. The van der Waals surface area contributed by atoms with E-state index in [1.807, 2.05) is 33.8 Å². The summed E-state index contributed by atoms with van der Waals surface area (Å²) in [6, 6.07) is 9.96. The summed E-state index contributed by atoms with van der Waals surface area (Å²) in [4.78, 5) is 14.4. The van der Waals surface area contributed by atoms with Gasteiger partial charge in [-0.2, -0.15) is 13.2 Å². The number of alkyl halides is 3. The normalized spacial score (nSPS) is 16.2. The number of hydrogen-bond donors (Lipinski definition) is 1. The molecule has 198 valence electrons. The van der Waals surface area contributed by atoms with Gasteiger partial charge in [-0.3, -0.25) is 4.72 Å². The van der Waals surface area contributed by atoms with Gasteiger partial charge in [-0.25, -0.2) is 13.2 Å². The van der Waals surface area contributed by atoms with Gasteiger partial charge >= 0.3 is 12.3 Å². The highest BCUT2D eigenvalue weighted by atomic mass is 32.2. The molecule has 2 aromatic rings. The molecule has 0 heterocycles. The van der Waals surface area contributed by atoms with Gasteiger partial charge in [0.15, 0.2) is 0 Å². The van der Waals surface area contributed by atoms with Crippen LogP contribution in [0.5, 0.6) is 0 Å². The van der Waals surface area contributed by atoms with E-state index < -0.39 is 28.2 Å². The number of hydrogen-bond acceptors (Lipinski definition) is 4. The van der Waals surface area contributed by atoms with Gasteiger partial charge in [0, 0.05) is 18.3 Å². The van der Waals surface area contributed by atoms with Crippen molar-refractivity contribution in [2.75, 3.05) is 11.3 Å². The zero-order valence-corrected chi connectivity index (χ0v) is 21.8. The van der Waals surface area contributed by atoms with Crippen molar-refractivity contribution in [3.8, 4) is 0 Å². The first kappa shape index (κ1) is 27.8. The van der Waals surface area contributed by atoms with Crippen LogP contribution in [0.3, 0.4) is 0 Å². The lowest BCUT2D eigenvalue weighted by atomic mass is 9.87. The van der Waals surface area contributed by atoms with Gasteiger partial charge < -0.3 is 9.64 Å². The van der Waals surface area contributed by atoms with E-state index in [1.54, 1.807) is 17.0 Å². The number of benzene rings is 2. The van der Waals surface area contributed by atoms with Crippen molar-refractivity contribution in [1.29, 1.82) is 0 Å². The standard InChI is InChI=1S/C26H33F3N2O4S/c1-5-14-31(24(32)35-25(2,3)4)22-11-9-19-15-21(10-8-20(19)16-22)30-36(33,34)23-12-6-18(7-13-23)17-26(27,28)29/h6-8,10,12-13,15,22,30H,5,9,11,14,16-17H2,1-4H3. The number of nitrogens with zero attached hydrogens (tertiary/aromatic N) is 1. The van der Waals surface area contributed by atoms with Gasteiger partial charge in [-0.1, -0.05) is 25.1 Å². The Labute approximate surface area is 210 Å². The van der Waals surface area contributed by atoms with Crippen molar-refractivity contribution in [1.82, 2.24) is 4.90 Å². The quantitative estimate of drug-likeness (QED) is 0.473. The zero-order chi connectivity index (χ0) is 26.7. The minimum atomic E-state index is -4.36. The molecule has 1 atom stereocenters. The van der Waals surface area contributed by atoms with Crippen LogP contribution in [0.25, 0.3) is 0 Å². The molecule has 0 aliphatic heterocycles. The number of rotatable bonds is 7. The molecule has 0 fully saturated rings. The molecule has 0 bridgehead atoms. The first-order valence-corrected chi connectivity index (χ1v) is 13.4. The topological polar surface area (TPSA) is 75.7 Å². The van der Waals surface area contributed by atoms with E-state index in [2.05, 4.69) is 4.72 Å². The van der Waals surface area contributed by atoms with Crippen molar-refractivity contribution in [2.45, 2.75) is 82.5 Å². The van der Waals surface area contributed by atoms with Gasteiger partial charge in [-0.05, 0) is 87.4 Å². The minimum absolute atomic E-state index is 0.00622. The number of carbonyl (C=O) groups is 1. The number of halogens is 3. The molecule has 3 rings (SSSR count). The summed E-state index contributed by atoms with van der Waals surface area (Å²) in [6.45, 7) is 8.12. The maximum Gasteiger partial charge on any atom is 0.410 e.